The number of anilines is 2. The summed E-state index contributed by atoms with van der Waals surface area (Å²) in [5.74, 6) is 0. The van der Waals surface area contributed by atoms with Gasteiger partial charge in [-0.3, -0.25) is 0 Å². The van der Waals surface area contributed by atoms with Crippen LogP contribution in [-0.2, 0) is 0 Å². The van der Waals surface area contributed by atoms with Crippen molar-refractivity contribution in [1.29, 1.82) is 0 Å². The van der Waals surface area contributed by atoms with Crippen molar-refractivity contribution in [2.75, 3.05) is 17.1 Å². The molecule has 0 amide bonds. The first-order valence-corrected chi connectivity index (χ1v) is 10.7. The van der Waals surface area contributed by atoms with Crippen molar-refractivity contribution in [1.82, 2.24) is 10.2 Å². The summed E-state index contributed by atoms with van der Waals surface area (Å²) in [7, 11) is 2.11. The van der Waals surface area contributed by atoms with Crippen molar-refractivity contribution in [3.8, 4) is 10.4 Å². The molecule has 6 heteroatoms. The number of rotatable bonds is 2. The van der Waals surface area contributed by atoms with Crippen LogP contribution < -0.4 is 15.6 Å². The molecular weight excluding hydrogens is 375 g/mol. The van der Waals surface area contributed by atoms with Gasteiger partial charge in [-0.05, 0) is 69.1 Å². The number of para-hydroxylation sites is 2. The van der Waals surface area contributed by atoms with Crippen LogP contribution in [0.1, 0.15) is 22.3 Å². The lowest BCUT2D eigenvalue weighted by atomic mass is 9.71. The molecule has 0 atom stereocenters. The van der Waals surface area contributed by atoms with E-state index in [0.29, 0.717) is 0 Å². The van der Waals surface area contributed by atoms with E-state index in [-0.39, 0.29) is 6.98 Å². The Balaban J connectivity index is 1.69. The summed E-state index contributed by atoms with van der Waals surface area (Å²) in [6.45, 7) is 8.76. The Hall–Kier alpha value is -2.86. The second-order valence-electron chi connectivity index (χ2n) is 7.98. The summed E-state index contributed by atoms with van der Waals surface area (Å²) in [5, 5.41) is 13.8. The van der Waals surface area contributed by atoms with Crippen LogP contribution in [0.3, 0.4) is 0 Å². The van der Waals surface area contributed by atoms with E-state index in [4.69, 9.17) is 0 Å². The van der Waals surface area contributed by atoms with E-state index in [1.54, 1.807) is 0 Å². The van der Waals surface area contributed by atoms with Crippen molar-refractivity contribution >= 4 is 45.4 Å². The number of aromatic nitrogens is 2. The number of hydrogen-bond acceptors (Lipinski definition) is 5. The third kappa shape index (κ3) is 2.74. The van der Waals surface area contributed by atoms with E-state index in [1.807, 2.05) is 17.5 Å². The maximum atomic E-state index is 4.59. The zero-order chi connectivity index (χ0) is 20.3. The first-order chi connectivity index (χ1) is 14.0. The Morgan fingerprint density at radius 1 is 1.03 bits per heavy atom. The van der Waals surface area contributed by atoms with Crippen molar-refractivity contribution < 1.29 is 0 Å². The summed E-state index contributed by atoms with van der Waals surface area (Å²) in [4.78, 5) is 3.57. The Morgan fingerprint density at radius 2 is 1.76 bits per heavy atom. The zero-order valence-electron chi connectivity index (χ0n) is 17.4. The van der Waals surface area contributed by atoms with Crippen LogP contribution in [-0.4, -0.2) is 24.2 Å². The average Bonchev–Trinajstić information content (AvgIpc) is 3.19. The molecule has 0 unspecified atom stereocenters. The van der Waals surface area contributed by atoms with Crippen molar-refractivity contribution in [3.05, 3.63) is 64.8 Å². The van der Waals surface area contributed by atoms with Gasteiger partial charge in [-0.2, -0.15) is 10.2 Å². The third-order valence-electron chi connectivity index (χ3n) is 5.90. The minimum atomic E-state index is -0.0188. The van der Waals surface area contributed by atoms with Crippen molar-refractivity contribution in [3.63, 3.8) is 0 Å². The molecule has 0 saturated heterocycles. The molecule has 5 rings (SSSR count). The highest BCUT2D eigenvalue weighted by atomic mass is 32.1. The molecule has 29 heavy (non-hydrogen) atoms. The second kappa shape index (κ2) is 6.60. The van der Waals surface area contributed by atoms with Gasteiger partial charge in [-0.25, -0.2) is 0 Å². The largest absolute Gasteiger partial charge is 0.431 e. The molecule has 4 aromatic rings. The summed E-state index contributed by atoms with van der Waals surface area (Å²) < 4.78 is 1.21. The molecule has 0 fully saturated rings. The average molecular weight is 398 g/mol. The standard InChI is InChI=1S/C23H23BN4S/c1-13-10-14(2)20(15(3)11-13)21-16(4)17-12-25-27-23(22(17)29-21)24-26-18-8-6-7-9-19(18)28(24)5/h6-12,26H,1-5H3. The normalized spacial score (nSPS) is 13.1. The molecule has 0 bridgehead atoms. The van der Waals surface area contributed by atoms with Crippen molar-refractivity contribution in [2.45, 2.75) is 27.7 Å². The highest BCUT2D eigenvalue weighted by Gasteiger charge is 2.36. The van der Waals surface area contributed by atoms with Gasteiger partial charge in [0.25, 0.3) is 0 Å². The van der Waals surface area contributed by atoms with Crippen LogP contribution in [0.4, 0.5) is 11.4 Å². The molecule has 0 aliphatic carbocycles. The number of nitrogens with zero attached hydrogens (tertiary/aromatic N) is 3. The number of thiophene rings is 1. The number of benzene rings is 2. The van der Waals surface area contributed by atoms with Gasteiger partial charge in [-0.15, -0.1) is 11.3 Å². The summed E-state index contributed by atoms with van der Waals surface area (Å²) in [6.07, 6.45) is 1.91. The molecule has 4 nitrogen and oxygen atoms in total. The molecule has 1 aliphatic rings. The van der Waals surface area contributed by atoms with Crippen LogP contribution >= 0.6 is 11.3 Å². The molecule has 0 spiro atoms. The predicted octanol–water partition coefficient (Wildman–Crippen LogP) is 4.85. The van der Waals surface area contributed by atoms with E-state index in [1.165, 1.54) is 48.5 Å². The number of fused-ring (bicyclic) bond motifs is 2. The van der Waals surface area contributed by atoms with Gasteiger partial charge in [0.15, 0.2) is 0 Å². The smallest absolute Gasteiger partial charge is 0.402 e. The minimum absolute atomic E-state index is 0.0188. The molecular formula is C23H23BN4S. The van der Waals surface area contributed by atoms with Crippen LogP contribution in [0, 0.1) is 27.7 Å². The van der Waals surface area contributed by atoms with Gasteiger partial charge >= 0.3 is 6.98 Å². The van der Waals surface area contributed by atoms with E-state index in [2.05, 4.69) is 91.4 Å². The molecule has 0 saturated carbocycles. The number of aryl methyl sites for hydroxylation is 4. The predicted molar refractivity (Wildman–Crippen MR) is 126 cm³/mol. The molecule has 1 aliphatic heterocycles. The zero-order valence-corrected chi connectivity index (χ0v) is 18.2. The quantitative estimate of drug-likeness (QED) is 0.490. The lowest BCUT2D eigenvalue weighted by Gasteiger charge is -2.17. The molecule has 144 valence electrons. The maximum absolute atomic E-state index is 4.59. The van der Waals surface area contributed by atoms with Gasteiger partial charge in [-0.1, -0.05) is 29.8 Å². The van der Waals surface area contributed by atoms with Crippen LogP contribution in [0.2, 0.25) is 0 Å². The highest BCUT2D eigenvalue weighted by molar-refractivity contribution is 7.24. The second-order valence-corrected chi connectivity index (χ2v) is 9.00. The fraction of sp³-hybridized carbons (Fsp3) is 0.217. The molecule has 1 N–H and O–H groups in total. The van der Waals surface area contributed by atoms with Gasteiger partial charge in [0.2, 0.25) is 0 Å². The monoisotopic (exact) mass is 398 g/mol. The fourth-order valence-corrected chi connectivity index (χ4v) is 6.02. The van der Waals surface area contributed by atoms with E-state index in [0.717, 1.165) is 11.3 Å². The maximum Gasteiger partial charge on any atom is 0.431 e. The van der Waals surface area contributed by atoms with E-state index in [9.17, 15) is 0 Å². The summed E-state index contributed by atoms with van der Waals surface area (Å²) >= 11 is 1.84. The van der Waals surface area contributed by atoms with E-state index >= 15 is 0 Å². The molecule has 3 heterocycles. The lowest BCUT2D eigenvalue weighted by molar-refractivity contribution is 1.07. The van der Waals surface area contributed by atoms with Crippen molar-refractivity contribution in [2.24, 2.45) is 0 Å². The SMILES string of the molecule is Cc1cc(C)c(-c2sc3c(B4Nc5ccccc5N4C)nncc3c2C)c(C)c1. The third-order valence-corrected chi connectivity index (χ3v) is 7.25. The van der Waals surface area contributed by atoms with Gasteiger partial charge in [0, 0.05) is 21.6 Å². The Kier molecular flexibility index (Phi) is 4.14. The Labute approximate surface area is 175 Å². The van der Waals surface area contributed by atoms with E-state index < -0.39 is 0 Å². The van der Waals surface area contributed by atoms with Crippen LogP contribution in [0.15, 0.2) is 42.6 Å². The van der Waals surface area contributed by atoms with Crippen LogP contribution in [0.25, 0.3) is 20.5 Å². The topological polar surface area (TPSA) is 41.0 Å². The Morgan fingerprint density at radius 3 is 2.48 bits per heavy atom. The van der Waals surface area contributed by atoms with Gasteiger partial charge in [0.05, 0.1) is 16.5 Å². The first-order valence-electron chi connectivity index (χ1n) is 9.87. The summed E-state index contributed by atoms with van der Waals surface area (Å²) in [6, 6.07) is 12.9. The number of hydrogen-bond donors (Lipinski definition) is 1. The number of nitrogens with one attached hydrogen (secondary N) is 1. The highest BCUT2D eigenvalue weighted by Crippen LogP contribution is 2.41. The van der Waals surface area contributed by atoms with Gasteiger partial charge in [0.1, 0.15) is 0 Å². The minimum Gasteiger partial charge on any atom is -0.402 e. The fourth-order valence-electron chi connectivity index (χ4n) is 4.56. The molecule has 0 radical (unpaired) electrons. The van der Waals surface area contributed by atoms with Gasteiger partial charge < -0.3 is 10.0 Å². The van der Waals surface area contributed by atoms with Crippen LogP contribution in [0.5, 0.6) is 0 Å². The Bertz CT molecular complexity index is 1240. The molecule has 2 aromatic heterocycles. The summed E-state index contributed by atoms with van der Waals surface area (Å²) in [5.41, 5.74) is 9.90. The first kappa shape index (κ1) is 18.2. The lowest BCUT2D eigenvalue weighted by Crippen LogP contribution is -2.50. The molecule has 2 aromatic carbocycles.